The normalized spacial score (nSPS) is 18.5. The maximum atomic E-state index is 11.9. The van der Waals surface area contributed by atoms with E-state index in [-0.39, 0.29) is 30.3 Å². The second-order valence-electron chi connectivity index (χ2n) is 4.90. The van der Waals surface area contributed by atoms with Gasteiger partial charge < -0.3 is 10.6 Å². The molecule has 0 heterocycles. The highest BCUT2D eigenvalue weighted by Crippen LogP contribution is 2.32. The van der Waals surface area contributed by atoms with Crippen LogP contribution in [0.15, 0.2) is 0 Å². The van der Waals surface area contributed by atoms with E-state index >= 15 is 0 Å². The molecular formula is C12H25ClN2O. The fraction of sp³-hybridized carbons (Fsp3) is 0.917. The van der Waals surface area contributed by atoms with Crippen molar-refractivity contribution in [1.82, 2.24) is 4.90 Å². The second kappa shape index (κ2) is 7.13. The van der Waals surface area contributed by atoms with E-state index in [1.54, 1.807) is 4.90 Å². The minimum absolute atomic E-state index is 0. The van der Waals surface area contributed by atoms with Gasteiger partial charge in [-0.3, -0.25) is 4.79 Å². The van der Waals surface area contributed by atoms with Crippen molar-refractivity contribution < 1.29 is 4.79 Å². The fourth-order valence-electron chi connectivity index (χ4n) is 1.64. The van der Waals surface area contributed by atoms with Crippen molar-refractivity contribution in [3.05, 3.63) is 0 Å². The highest BCUT2D eigenvalue weighted by atomic mass is 35.5. The molecule has 0 spiro atoms. The molecular weight excluding hydrogens is 224 g/mol. The third kappa shape index (κ3) is 4.71. The van der Waals surface area contributed by atoms with Gasteiger partial charge in [-0.05, 0) is 18.3 Å². The number of nitrogens with zero attached hydrogens (tertiary/aromatic N) is 1. The number of halogens is 1. The molecule has 0 aromatic carbocycles. The van der Waals surface area contributed by atoms with E-state index in [0.717, 1.165) is 25.3 Å². The molecule has 1 saturated carbocycles. The molecule has 0 saturated heterocycles. The van der Waals surface area contributed by atoms with Crippen LogP contribution in [0.5, 0.6) is 0 Å². The van der Waals surface area contributed by atoms with Crippen LogP contribution >= 0.6 is 12.4 Å². The largest absolute Gasteiger partial charge is 0.344 e. The number of nitrogens with two attached hydrogens (primary N) is 1. The topological polar surface area (TPSA) is 46.3 Å². The molecule has 1 fully saturated rings. The van der Waals surface area contributed by atoms with Crippen LogP contribution in [0.1, 0.15) is 39.5 Å². The van der Waals surface area contributed by atoms with Crippen LogP contribution in [0, 0.1) is 11.8 Å². The van der Waals surface area contributed by atoms with Crippen molar-refractivity contribution in [2.45, 2.75) is 45.6 Å². The monoisotopic (exact) mass is 248 g/mol. The molecule has 0 aromatic rings. The van der Waals surface area contributed by atoms with E-state index in [9.17, 15) is 4.79 Å². The van der Waals surface area contributed by atoms with Gasteiger partial charge in [-0.15, -0.1) is 12.4 Å². The molecule has 0 aromatic heterocycles. The van der Waals surface area contributed by atoms with Crippen molar-refractivity contribution >= 4 is 18.3 Å². The summed E-state index contributed by atoms with van der Waals surface area (Å²) in [6, 6.07) is -0.320. The van der Waals surface area contributed by atoms with Crippen molar-refractivity contribution in [2.75, 3.05) is 13.6 Å². The Kier molecular flexibility index (Phi) is 7.00. The van der Waals surface area contributed by atoms with Gasteiger partial charge in [0.05, 0.1) is 6.04 Å². The molecule has 2 unspecified atom stereocenters. The number of carbonyl (C=O) groups excluding carboxylic acids is 1. The number of rotatable bonds is 6. The van der Waals surface area contributed by atoms with Crippen molar-refractivity contribution in [3.8, 4) is 0 Å². The van der Waals surface area contributed by atoms with E-state index in [4.69, 9.17) is 5.73 Å². The first-order chi connectivity index (χ1) is 7.06. The Labute approximate surface area is 105 Å². The lowest BCUT2D eigenvalue weighted by Crippen LogP contribution is -2.45. The lowest BCUT2D eigenvalue weighted by atomic mass is 9.99. The summed E-state index contributed by atoms with van der Waals surface area (Å²) in [7, 11) is 1.87. The number of amides is 1. The predicted octanol–water partition coefficient (Wildman–Crippen LogP) is 2.04. The summed E-state index contributed by atoms with van der Waals surface area (Å²) in [5.41, 5.74) is 5.90. The summed E-state index contributed by atoms with van der Waals surface area (Å²) in [6.45, 7) is 4.98. The first kappa shape index (κ1) is 15.7. The lowest BCUT2D eigenvalue weighted by molar-refractivity contribution is -0.132. The van der Waals surface area contributed by atoms with Crippen molar-refractivity contribution in [2.24, 2.45) is 17.6 Å². The zero-order chi connectivity index (χ0) is 11.4. The third-order valence-corrected chi connectivity index (χ3v) is 3.49. The van der Waals surface area contributed by atoms with E-state index in [1.165, 1.54) is 12.8 Å². The zero-order valence-corrected chi connectivity index (χ0v) is 11.4. The standard InChI is InChI=1S/C12H24N2O.ClH/c1-4-9(2)11(13)12(15)14(3)8-7-10-5-6-10;/h9-11H,4-8,13H2,1-3H3;1H. The van der Waals surface area contributed by atoms with Crippen molar-refractivity contribution in [1.29, 1.82) is 0 Å². The Morgan fingerprint density at radius 1 is 1.50 bits per heavy atom. The highest BCUT2D eigenvalue weighted by Gasteiger charge is 2.25. The lowest BCUT2D eigenvalue weighted by Gasteiger charge is -2.24. The summed E-state index contributed by atoms with van der Waals surface area (Å²) in [6.07, 6.45) is 4.80. The molecule has 1 aliphatic carbocycles. The minimum Gasteiger partial charge on any atom is -0.344 e. The number of hydrogen-bond acceptors (Lipinski definition) is 2. The molecule has 3 nitrogen and oxygen atoms in total. The molecule has 16 heavy (non-hydrogen) atoms. The average Bonchev–Trinajstić information content (AvgIpc) is 3.06. The van der Waals surface area contributed by atoms with Crippen LogP contribution in [0.4, 0.5) is 0 Å². The third-order valence-electron chi connectivity index (χ3n) is 3.49. The van der Waals surface area contributed by atoms with Gasteiger partial charge in [-0.2, -0.15) is 0 Å². The SMILES string of the molecule is CCC(C)C(N)C(=O)N(C)CCC1CC1.Cl. The summed E-state index contributed by atoms with van der Waals surface area (Å²) in [4.78, 5) is 13.7. The zero-order valence-electron chi connectivity index (χ0n) is 10.6. The Hall–Kier alpha value is -0.280. The molecule has 4 heteroatoms. The van der Waals surface area contributed by atoms with Crippen LogP contribution in [-0.2, 0) is 4.79 Å². The van der Waals surface area contributed by atoms with Crippen LogP contribution < -0.4 is 5.73 Å². The summed E-state index contributed by atoms with van der Waals surface area (Å²) < 4.78 is 0. The summed E-state index contributed by atoms with van der Waals surface area (Å²) in [5, 5.41) is 0. The summed E-state index contributed by atoms with van der Waals surface area (Å²) >= 11 is 0. The molecule has 0 bridgehead atoms. The highest BCUT2D eigenvalue weighted by molar-refractivity contribution is 5.85. The first-order valence-corrected chi connectivity index (χ1v) is 6.06. The van der Waals surface area contributed by atoms with Gasteiger partial charge in [0.15, 0.2) is 0 Å². The van der Waals surface area contributed by atoms with E-state index in [2.05, 4.69) is 6.92 Å². The smallest absolute Gasteiger partial charge is 0.239 e. The van der Waals surface area contributed by atoms with Gasteiger partial charge in [-0.1, -0.05) is 33.1 Å². The Balaban J connectivity index is 0.00000225. The van der Waals surface area contributed by atoms with Crippen molar-refractivity contribution in [3.63, 3.8) is 0 Å². The molecule has 2 N–H and O–H groups in total. The maximum absolute atomic E-state index is 11.9. The van der Waals surface area contributed by atoms with Gasteiger partial charge >= 0.3 is 0 Å². The van der Waals surface area contributed by atoms with E-state index in [0.29, 0.717) is 0 Å². The van der Waals surface area contributed by atoms with Gasteiger partial charge in [-0.25, -0.2) is 0 Å². The van der Waals surface area contributed by atoms with E-state index in [1.807, 2.05) is 14.0 Å². The molecule has 1 aliphatic rings. The molecule has 1 rings (SSSR count). The second-order valence-corrected chi connectivity index (χ2v) is 4.90. The van der Waals surface area contributed by atoms with Crippen LogP contribution in [-0.4, -0.2) is 30.4 Å². The quantitative estimate of drug-likeness (QED) is 0.782. The number of hydrogen-bond donors (Lipinski definition) is 1. The van der Waals surface area contributed by atoms with Crippen LogP contribution in [0.25, 0.3) is 0 Å². The summed E-state index contributed by atoms with van der Waals surface area (Å²) in [5.74, 6) is 1.26. The van der Waals surface area contributed by atoms with Gasteiger partial charge in [0.25, 0.3) is 0 Å². The average molecular weight is 249 g/mol. The molecule has 1 amide bonds. The number of carbonyl (C=O) groups is 1. The predicted molar refractivity (Wildman–Crippen MR) is 69.7 cm³/mol. The number of likely N-dealkylation sites (N-methyl/N-ethyl adjacent to an activating group) is 1. The van der Waals surface area contributed by atoms with Crippen LogP contribution in [0.3, 0.4) is 0 Å². The van der Waals surface area contributed by atoms with Crippen LogP contribution in [0.2, 0.25) is 0 Å². The van der Waals surface area contributed by atoms with E-state index < -0.39 is 0 Å². The Bertz CT molecular complexity index is 219. The Morgan fingerprint density at radius 2 is 2.06 bits per heavy atom. The first-order valence-electron chi connectivity index (χ1n) is 6.06. The maximum Gasteiger partial charge on any atom is 0.239 e. The molecule has 0 aliphatic heterocycles. The Morgan fingerprint density at radius 3 is 2.50 bits per heavy atom. The fourth-order valence-corrected chi connectivity index (χ4v) is 1.64. The van der Waals surface area contributed by atoms with Gasteiger partial charge in [0.1, 0.15) is 0 Å². The van der Waals surface area contributed by atoms with Gasteiger partial charge in [0.2, 0.25) is 5.91 Å². The molecule has 0 radical (unpaired) electrons. The molecule has 2 atom stereocenters. The van der Waals surface area contributed by atoms with Gasteiger partial charge in [0, 0.05) is 13.6 Å². The minimum atomic E-state index is -0.320. The molecule has 96 valence electrons.